The fraction of sp³-hybridized carbons (Fsp3) is 1.00. The van der Waals surface area contributed by atoms with Gasteiger partial charge in [-0.25, -0.2) is 0 Å². The summed E-state index contributed by atoms with van der Waals surface area (Å²) in [6.07, 6.45) is -2.85. The molecule has 84 valence electrons. The van der Waals surface area contributed by atoms with E-state index < -0.39 is 12.1 Å². The number of halogens is 4. The molecule has 2 rings (SSSR count). The molecule has 1 heterocycles. The maximum atomic E-state index is 12.4. The lowest BCUT2D eigenvalue weighted by atomic mass is 9.83. The van der Waals surface area contributed by atoms with Gasteiger partial charge in [0.25, 0.3) is 0 Å². The highest BCUT2D eigenvalue weighted by atomic mass is 35.5. The Kier molecular flexibility index (Phi) is 3.66. The van der Waals surface area contributed by atoms with E-state index in [1.807, 2.05) is 0 Å². The zero-order valence-electron chi connectivity index (χ0n) is 7.60. The fourth-order valence-corrected chi connectivity index (χ4v) is 2.26. The molecule has 1 saturated carbocycles. The predicted molar refractivity (Wildman–Crippen MR) is 49.4 cm³/mol. The minimum Gasteiger partial charge on any atom is -0.300 e. The van der Waals surface area contributed by atoms with Gasteiger partial charge in [-0.15, -0.1) is 12.4 Å². The molecule has 0 aromatic carbocycles. The first-order chi connectivity index (χ1) is 6.07. The second kappa shape index (κ2) is 4.24. The maximum Gasteiger partial charge on any atom is 0.391 e. The van der Waals surface area contributed by atoms with Gasteiger partial charge in [-0.1, -0.05) is 0 Å². The summed E-state index contributed by atoms with van der Waals surface area (Å²) in [7, 11) is 0. The molecule has 2 nitrogen and oxygen atoms in total. The number of fused-ring (bicyclic) bond motifs is 1. The normalized spacial score (nSPS) is 37.5. The molecule has 3 unspecified atom stereocenters. The van der Waals surface area contributed by atoms with E-state index in [9.17, 15) is 13.2 Å². The highest BCUT2D eigenvalue weighted by molar-refractivity contribution is 5.85. The monoisotopic (exact) mass is 230 g/mol. The van der Waals surface area contributed by atoms with Crippen LogP contribution in [0.3, 0.4) is 0 Å². The zero-order chi connectivity index (χ0) is 9.47. The lowest BCUT2D eigenvalue weighted by Gasteiger charge is -2.32. The first-order valence-electron chi connectivity index (χ1n) is 4.61. The fourth-order valence-electron chi connectivity index (χ4n) is 2.26. The zero-order valence-corrected chi connectivity index (χ0v) is 8.42. The molecule has 0 aromatic heterocycles. The van der Waals surface area contributed by atoms with Crippen molar-refractivity contribution in [2.24, 2.45) is 5.92 Å². The van der Waals surface area contributed by atoms with Crippen molar-refractivity contribution in [3.05, 3.63) is 0 Å². The summed E-state index contributed by atoms with van der Waals surface area (Å²) in [4.78, 5) is 0. The van der Waals surface area contributed by atoms with Crippen LogP contribution in [0.2, 0.25) is 0 Å². The van der Waals surface area contributed by atoms with Crippen LogP contribution in [0.15, 0.2) is 0 Å². The summed E-state index contributed by atoms with van der Waals surface area (Å²) in [6, 6.07) is 0.291. The van der Waals surface area contributed by atoms with Gasteiger partial charge >= 0.3 is 6.18 Å². The van der Waals surface area contributed by atoms with Gasteiger partial charge in [0.15, 0.2) is 0 Å². The molecule has 3 atom stereocenters. The number of alkyl halides is 3. The largest absolute Gasteiger partial charge is 0.391 e. The van der Waals surface area contributed by atoms with Crippen molar-refractivity contribution in [1.82, 2.24) is 10.6 Å². The van der Waals surface area contributed by atoms with Crippen LogP contribution >= 0.6 is 12.4 Å². The Morgan fingerprint density at radius 3 is 2.29 bits per heavy atom. The van der Waals surface area contributed by atoms with Gasteiger partial charge in [-0.2, -0.15) is 13.2 Å². The Balaban J connectivity index is 0.000000980. The molecule has 0 spiro atoms. The molecule has 14 heavy (non-hydrogen) atoms. The highest BCUT2D eigenvalue weighted by Crippen LogP contribution is 2.38. The molecule has 0 aromatic rings. The van der Waals surface area contributed by atoms with E-state index in [1.54, 1.807) is 0 Å². The van der Waals surface area contributed by atoms with E-state index in [0.717, 1.165) is 0 Å². The standard InChI is InChI=1S/C8H13F3N2.ClH/c9-8(10,11)5-1-2-6-7(3-5)13-4-12-6;/h5-7,12-13H,1-4H2;1H. The van der Waals surface area contributed by atoms with Gasteiger partial charge < -0.3 is 10.6 Å². The van der Waals surface area contributed by atoms with Gasteiger partial charge in [0.05, 0.1) is 5.92 Å². The molecule has 2 aliphatic rings. The van der Waals surface area contributed by atoms with Crippen LogP contribution in [-0.4, -0.2) is 24.9 Å². The molecular formula is C8H14ClF3N2. The average molecular weight is 231 g/mol. The van der Waals surface area contributed by atoms with E-state index >= 15 is 0 Å². The minimum atomic E-state index is -4.00. The third kappa shape index (κ3) is 2.32. The molecule has 2 N–H and O–H groups in total. The summed E-state index contributed by atoms with van der Waals surface area (Å²) >= 11 is 0. The topological polar surface area (TPSA) is 24.1 Å². The van der Waals surface area contributed by atoms with Gasteiger partial charge in [-0.3, -0.25) is 0 Å². The van der Waals surface area contributed by atoms with Crippen molar-refractivity contribution in [2.45, 2.75) is 37.5 Å². The van der Waals surface area contributed by atoms with E-state index in [4.69, 9.17) is 0 Å². The summed E-state index contributed by atoms with van der Waals surface area (Å²) in [6.45, 7) is 0.653. The van der Waals surface area contributed by atoms with Crippen LogP contribution in [0, 0.1) is 5.92 Å². The van der Waals surface area contributed by atoms with E-state index in [2.05, 4.69) is 10.6 Å². The van der Waals surface area contributed by atoms with E-state index in [-0.39, 0.29) is 37.3 Å². The highest BCUT2D eigenvalue weighted by Gasteiger charge is 2.45. The molecular weight excluding hydrogens is 217 g/mol. The summed E-state index contributed by atoms with van der Waals surface area (Å²) in [5.74, 6) is -1.10. The Bertz CT molecular complexity index is 198. The van der Waals surface area contributed by atoms with Crippen LogP contribution in [-0.2, 0) is 0 Å². The van der Waals surface area contributed by atoms with Crippen molar-refractivity contribution in [3.63, 3.8) is 0 Å². The van der Waals surface area contributed by atoms with Gasteiger partial charge in [0, 0.05) is 18.8 Å². The Morgan fingerprint density at radius 1 is 1.00 bits per heavy atom. The predicted octanol–water partition coefficient (Wildman–Crippen LogP) is 1.66. The number of rotatable bonds is 0. The third-order valence-electron chi connectivity index (χ3n) is 3.04. The van der Waals surface area contributed by atoms with Gasteiger partial charge in [-0.05, 0) is 19.3 Å². The van der Waals surface area contributed by atoms with E-state index in [1.165, 1.54) is 0 Å². The first kappa shape index (κ1) is 12.1. The minimum absolute atomic E-state index is 0. The Morgan fingerprint density at radius 2 is 1.64 bits per heavy atom. The van der Waals surface area contributed by atoms with E-state index in [0.29, 0.717) is 13.1 Å². The molecule has 6 heteroatoms. The van der Waals surface area contributed by atoms with Crippen LogP contribution in [0.25, 0.3) is 0 Å². The molecule has 1 aliphatic heterocycles. The van der Waals surface area contributed by atoms with Crippen LogP contribution in [0.4, 0.5) is 13.2 Å². The van der Waals surface area contributed by atoms with Crippen molar-refractivity contribution >= 4 is 12.4 Å². The van der Waals surface area contributed by atoms with Gasteiger partial charge in [0.2, 0.25) is 0 Å². The van der Waals surface area contributed by atoms with Crippen molar-refractivity contribution in [1.29, 1.82) is 0 Å². The molecule has 0 radical (unpaired) electrons. The molecule has 0 amide bonds. The van der Waals surface area contributed by atoms with Crippen molar-refractivity contribution in [3.8, 4) is 0 Å². The molecule has 0 bridgehead atoms. The smallest absolute Gasteiger partial charge is 0.300 e. The summed E-state index contributed by atoms with van der Waals surface area (Å²) in [5, 5.41) is 6.20. The van der Waals surface area contributed by atoms with Crippen LogP contribution in [0.5, 0.6) is 0 Å². The second-order valence-corrected chi connectivity index (χ2v) is 3.85. The van der Waals surface area contributed by atoms with Crippen molar-refractivity contribution in [2.75, 3.05) is 6.67 Å². The number of nitrogens with one attached hydrogen (secondary N) is 2. The SMILES string of the molecule is Cl.FC(F)(F)C1CCC2NCNC2C1. The van der Waals surface area contributed by atoms with Crippen LogP contribution < -0.4 is 10.6 Å². The second-order valence-electron chi connectivity index (χ2n) is 3.85. The number of hydrogen-bond acceptors (Lipinski definition) is 2. The average Bonchev–Trinajstić information content (AvgIpc) is 2.47. The molecule has 1 saturated heterocycles. The Labute approximate surface area is 87.0 Å². The van der Waals surface area contributed by atoms with Crippen LogP contribution in [0.1, 0.15) is 19.3 Å². The maximum absolute atomic E-state index is 12.4. The third-order valence-corrected chi connectivity index (χ3v) is 3.04. The molecule has 2 fully saturated rings. The van der Waals surface area contributed by atoms with Gasteiger partial charge in [0.1, 0.15) is 0 Å². The quantitative estimate of drug-likeness (QED) is 0.662. The molecule has 1 aliphatic carbocycles. The summed E-state index contributed by atoms with van der Waals surface area (Å²) < 4.78 is 37.1. The summed E-state index contributed by atoms with van der Waals surface area (Å²) in [5.41, 5.74) is 0. The number of hydrogen-bond donors (Lipinski definition) is 2. The lowest BCUT2D eigenvalue weighted by molar-refractivity contribution is -0.183. The first-order valence-corrected chi connectivity index (χ1v) is 4.61. The van der Waals surface area contributed by atoms with Crippen molar-refractivity contribution < 1.29 is 13.2 Å². The Hall–Kier alpha value is -0.0000000000000000416. The lowest BCUT2D eigenvalue weighted by Crippen LogP contribution is -2.43.